The predicted octanol–water partition coefficient (Wildman–Crippen LogP) is 2.93. The Morgan fingerprint density at radius 1 is 1.40 bits per heavy atom. The number of rotatable bonds is 5. The molecule has 0 aliphatic heterocycles. The number of hydrogen-bond donors (Lipinski definition) is 1. The zero-order chi connectivity index (χ0) is 15.5. The molecule has 0 aromatic heterocycles. The molecule has 0 aliphatic rings. The van der Waals surface area contributed by atoms with Gasteiger partial charge in [0.05, 0.1) is 5.41 Å². The standard InChI is InChI=1S/C15H20FNO3/c1-10(2)15(3,14(19)20)9-13(18)17(4)12-7-5-6-11(16)8-12/h5-8,10H,9H2,1-4H3,(H,19,20). The summed E-state index contributed by atoms with van der Waals surface area (Å²) in [7, 11) is 1.51. The third-order valence-electron chi connectivity index (χ3n) is 3.85. The third kappa shape index (κ3) is 3.35. The molecule has 0 spiro atoms. The topological polar surface area (TPSA) is 57.6 Å². The average molecular weight is 281 g/mol. The number of benzene rings is 1. The fourth-order valence-corrected chi connectivity index (χ4v) is 1.79. The normalized spacial score (nSPS) is 13.9. The molecule has 1 atom stereocenters. The third-order valence-corrected chi connectivity index (χ3v) is 3.85. The number of halogens is 1. The number of anilines is 1. The van der Waals surface area contributed by atoms with Gasteiger partial charge in [-0.1, -0.05) is 19.9 Å². The van der Waals surface area contributed by atoms with Crippen molar-refractivity contribution in [3.05, 3.63) is 30.1 Å². The van der Waals surface area contributed by atoms with Crippen LogP contribution in [0.3, 0.4) is 0 Å². The van der Waals surface area contributed by atoms with Crippen LogP contribution in [0.1, 0.15) is 27.2 Å². The number of carbonyl (C=O) groups excluding carboxylic acids is 1. The molecule has 5 heteroatoms. The Bertz CT molecular complexity index is 516. The van der Waals surface area contributed by atoms with Gasteiger partial charge in [-0.2, -0.15) is 0 Å². The van der Waals surface area contributed by atoms with Crippen LogP contribution in [0.5, 0.6) is 0 Å². The monoisotopic (exact) mass is 281 g/mol. The lowest BCUT2D eigenvalue weighted by Gasteiger charge is -2.30. The fourth-order valence-electron chi connectivity index (χ4n) is 1.79. The van der Waals surface area contributed by atoms with Crippen LogP contribution in [0.2, 0.25) is 0 Å². The van der Waals surface area contributed by atoms with Gasteiger partial charge in [-0.3, -0.25) is 9.59 Å². The summed E-state index contributed by atoms with van der Waals surface area (Å²) in [4.78, 5) is 24.9. The second kappa shape index (κ2) is 6.03. The van der Waals surface area contributed by atoms with Crippen molar-refractivity contribution in [2.45, 2.75) is 27.2 Å². The van der Waals surface area contributed by atoms with Gasteiger partial charge in [0, 0.05) is 19.2 Å². The fraction of sp³-hybridized carbons (Fsp3) is 0.467. The van der Waals surface area contributed by atoms with E-state index in [1.165, 1.54) is 30.1 Å². The highest BCUT2D eigenvalue weighted by atomic mass is 19.1. The molecule has 0 heterocycles. The first-order valence-electron chi connectivity index (χ1n) is 6.44. The van der Waals surface area contributed by atoms with Gasteiger partial charge < -0.3 is 10.0 Å². The highest BCUT2D eigenvalue weighted by Gasteiger charge is 2.39. The molecule has 0 fully saturated rings. The summed E-state index contributed by atoms with van der Waals surface area (Å²) in [6.45, 7) is 5.09. The van der Waals surface area contributed by atoms with Crippen molar-refractivity contribution in [1.82, 2.24) is 0 Å². The maximum atomic E-state index is 13.2. The SMILES string of the molecule is CC(C)C(C)(CC(=O)N(C)c1cccc(F)c1)C(=O)O. The minimum absolute atomic E-state index is 0.132. The van der Waals surface area contributed by atoms with E-state index in [0.717, 1.165) is 0 Å². The molecular weight excluding hydrogens is 261 g/mol. The highest BCUT2D eigenvalue weighted by Crippen LogP contribution is 2.32. The molecule has 0 bridgehead atoms. The number of carboxylic acid groups (broad SMARTS) is 1. The summed E-state index contributed by atoms with van der Waals surface area (Å²) >= 11 is 0. The molecule has 4 nitrogen and oxygen atoms in total. The molecule has 1 N–H and O–H groups in total. The number of nitrogens with zero attached hydrogens (tertiary/aromatic N) is 1. The van der Waals surface area contributed by atoms with Crippen LogP contribution in [-0.4, -0.2) is 24.0 Å². The maximum absolute atomic E-state index is 13.2. The van der Waals surface area contributed by atoms with Crippen LogP contribution in [0.4, 0.5) is 10.1 Å². The molecule has 0 saturated heterocycles. The Morgan fingerprint density at radius 3 is 2.45 bits per heavy atom. The molecule has 0 radical (unpaired) electrons. The van der Waals surface area contributed by atoms with Gasteiger partial charge in [-0.15, -0.1) is 0 Å². The minimum Gasteiger partial charge on any atom is -0.481 e. The van der Waals surface area contributed by atoms with E-state index in [1.807, 2.05) is 0 Å². The lowest BCUT2D eigenvalue weighted by atomic mass is 9.76. The van der Waals surface area contributed by atoms with Crippen LogP contribution in [-0.2, 0) is 9.59 Å². The summed E-state index contributed by atoms with van der Waals surface area (Å²) in [5, 5.41) is 9.32. The Labute approximate surface area is 118 Å². The number of hydrogen-bond acceptors (Lipinski definition) is 2. The van der Waals surface area contributed by atoms with Gasteiger partial charge in [0.1, 0.15) is 5.82 Å². The first-order chi connectivity index (χ1) is 9.18. The van der Waals surface area contributed by atoms with Crippen LogP contribution in [0, 0.1) is 17.2 Å². The van der Waals surface area contributed by atoms with Crippen LogP contribution in [0.25, 0.3) is 0 Å². The zero-order valence-electron chi connectivity index (χ0n) is 12.2. The van der Waals surface area contributed by atoms with E-state index < -0.39 is 17.2 Å². The van der Waals surface area contributed by atoms with Crippen LogP contribution < -0.4 is 4.90 Å². The Morgan fingerprint density at radius 2 is 2.00 bits per heavy atom. The summed E-state index contributed by atoms with van der Waals surface area (Å²) in [6.07, 6.45) is -0.132. The molecule has 1 rings (SSSR count). The lowest BCUT2D eigenvalue weighted by Crippen LogP contribution is -2.39. The molecule has 1 aromatic carbocycles. The van der Waals surface area contributed by atoms with Crippen molar-refractivity contribution in [2.24, 2.45) is 11.3 Å². The van der Waals surface area contributed by atoms with Crippen molar-refractivity contribution in [2.75, 3.05) is 11.9 Å². The van der Waals surface area contributed by atoms with Gasteiger partial charge in [0.15, 0.2) is 0 Å². The van der Waals surface area contributed by atoms with E-state index in [2.05, 4.69) is 0 Å². The second-order valence-electron chi connectivity index (χ2n) is 5.49. The van der Waals surface area contributed by atoms with Crippen molar-refractivity contribution in [1.29, 1.82) is 0 Å². The first kappa shape index (κ1) is 16.1. The smallest absolute Gasteiger partial charge is 0.310 e. The van der Waals surface area contributed by atoms with Crippen molar-refractivity contribution in [3.8, 4) is 0 Å². The van der Waals surface area contributed by atoms with E-state index in [-0.39, 0.29) is 18.2 Å². The first-order valence-corrected chi connectivity index (χ1v) is 6.44. The largest absolute Gasteiger partial charge is 0.481 e. The van der Waals surface area contributed by atoms with Crippen molar-refractivity contribution < 1.29 is 19.1 Å². The number of aliphatic carboxylic acids is 1. The van der Waals surface area contributed by atoms with E-state index in [0.29, 0.717) is 5.69 Å². The summed E-state index contributed by atoms with van der Waals surface area (Å²) in [5.41, 5.74) is -0.731. The van der Waals surface area contributed by atoms with Gasteiger partial charge >= 0.3 is 5.97 Å². The van der Waals surface area contributed by atoms with Gasteiger partial charge in [-0.05, 0) is 31.0 Å². The Kier molecular flexibility index (Phi) is 4.87. The molecular formula is C15H20FNO3. The molecule has 0 aliphatic carbocycles. The highest BCUT2D eigenvalue weighted by molar-refractivity contribution is 5.95. The van der Waals surface area contributed by atoms with E-state index in [4.69, 9.17) is 0 Å². The van der Waals surface area contributed by atoms with Gasteiger partial charge in [-0.25, -0.2) is 4.39 Å². The summed E-state index contributed by atoms with van der Waals surface area (Å²) in [6, 6.07) is 5.64. The summed E-state index contributed by atoms with van der Waals surface area (Å²) < 4.78 is 13.2. The lowest BCUT2D eigenvalue weighted by molar-refractivity contribution is -0.153. The number of carbonyl (C=O) groups is 2. The molecule has 0 saturated carbocycles. The molecule has 1 amide bonds. The number of amides is 1. The molecule has 110 valence electrons. The zero-order valence-corrected chi connectivity index (χ0v) is 12.2. The van der Waals surface area contributed by atoms with Crippen LogP contribution >= 0.6 is 0 Å². The van der Waals surface area contributed by atoms with Gasteiger partial charge in [0.2, 0.25) is 5.91 Å². The summed E-state index contributed by atoms with van der Waals surface area (Å²) in [5.74, 6) is -1.99. The minimum atomic E-state index is -1.14. The Hall–Kier alpha value is -1.91. The molecule has 1 aromatic rings. The predicted molar refractivity (Wildman–Crippen MR) is 75.0 cm³/mol. The van der Waals surface area contributed by atoms with Gasteiger partial charge in [0.25, 0.3) is 0 Å². The quantitative estimate of drug-likeness (QED) is 0.902. The maximum Gasteiger partial charge on any atom is 0.310 e. The van der Waals surface area contributed by atoms with E-state index in [1.54, 1.807) is 26.8 Å². The van der Waals surface area contributed by atoms with Crippen molar-refractivity contribution >= 4 is 17.6 Å². The number of carboxylic acids is 1. The average Bonchev–Trinajstić information content (AvgIpc) is 2.37. The molecule has 1 unspecified atom stereocenters. The van der Waals surface area contributed by atoms with E-state index >= 15 is 0 Å². The van der Waals surface area contributed by atoms with Crippen LogP contribution in [0.15, 0.2) is 24.3 Å². The van der Waals surface area contributed by atoms with Crippen molar-refractivity contribution in [3.63, 3.8) is 0 Å². The van der Waals surface area contributed by atoms with E-state index in [9.17, 15) is 19.1 Å². The molecule has 20 heavy (non-hydrogen) atoms. The Balaban J connectivity index is 2.93. The second-order valence-corrected chi connectivity index (χ2v) is 5.49.